The minimum atomic E-state index is -3.46. The van der Waals surface area contributed by atoms with Crippen LogP contribution in [-0.2, 0) is 9.84 Å². The minimum absolute atomic E-state index is 0.0320. The molecule has 0 saturated carbocycles. The lowest BCUT2D eigenvalue weighted by atomic mass is 10.4. The number of nitrogens with one attached hydrogen (secondary N) is 1. The summed E-state index contributed by atoms with van der Waals surface area (Å²) in [5.41, 5.74) is -0.241. The molecule has 0 atom stereocenters. The van der Waals surface area contributed by atoms with Gasteiger partial charge >= 0.3 is 5.69 Å². The maximum absolute atomic E-state index is 11.2. The molecule has 1 N–H and O–H groups in total. The molecule has 0 fully saturated rings. The fraction of sp³-hybridized carbons (Fsp3) is 0.375. The third-order valence-corrected chi connectivity index (χ3v) is 2.76. The highest BCUT2D eigenvalue weighted by Crippen LogP contribution is 2.23. The summed E-state index contributed by atoms with van der Waals surface area (Å²) in [6.45, 7) is 2.15. The molecule has 0 aliphatic rings. The van der Waals surface area contributed by atoms with Crippen LogP contribution in [0.3, 0.4) is 0 Å². The molecular formula is C8H11N3O4S. The van der Waals surface area contributed by atoms with Crippen LogP contribution in [0, 0.1) is 10.1 Å². The van der Waals surface area contributed by atoms with E-state index in [1.54, 1.807) is 6.92 Å². The molecule has 0 aromatic carbocycles. The third kappa shape index (κ3) is 2.66. The first-order chi connectivity index (χ1) is 7.36. The van der Waals surface area contributed by atoms with E-state index in [0.29, 0.717) is 6.54 Å². The summed E-state index contributed by atoms with van der Waals surface area (Å²) < 4.78 is 22.4. The van der Waals surface area contributed by atoms with Gasteiger partial charge in [0.25, 0.3) is 0 Å². The van der Waals surface area contributed by atoms with Gasteiger partial charge in [-0.05, 0) is 13.0 Å². The van der Waals surface area contributed by atoms with E-state index in [4.69, 9.17) is 0 Å². The lowest BCUT2D eigenvalue weighted by molar-refractivity contribution is -0.384. The highest BCUT2D eigenvalue weighted by molar-refractivity contribution is 7.90. The van der Waals surface area contributed by atoms with Crippen molar-refractivity contribution in [2.45, 2.75) is 11.9 Å². The Morgan fingerprint density at radius 2 is 2.12 bits per heavy atom. The van der Waals surface area contributed by atoms with E-state index in [0.717, 1.165) is 18.4 Å². The zero-order valence-corrected chi connectivity index (χ0v) is 9.61. The smallest absolute Gasteiger partial charge is 0.311 e. The molecule has 0 amide bonds. The molecule has 0 unspecified atom stereocenters. The van der Waals surface area contributed by atoms with Gasteiger partial charge in [-0.2, -0.15) is 0 Å². The van der Waals surface area contributed by atoms with E-state index < -0.39 is 14.8 Å². The quantitative estimate of drug-likeness (QED) is 0.622. The summed E-state index contributed by atoms with van der Waals surface area (Å²) in [5.74, 6) is -0.0320. The molecule has 1 rings (SSSR count). The Kier molecular flexibility index (Phi) is 3.43. The maximum Gasteiger partial charge on any atom is 0.311 e. The Bertz CT molecular complexity index is 512. The van der Waals surface area contributed by atoms with E-state index in [1.165, 1.54) is 0 Å². The first-order valence-corrected chi connectivity index (χ1v) is 6.34. The largest absolute Gasteiger partial charge is 0.365 e. The van der Waals surface area contributed by atoms with Gasteiger partial charge in [0.2, 0.25) is 5.82 Å². The monoisotopic (exact) mass is 245 g/mol. The van der Waals surface area contributed by atoms with Gasteiger partial charge in [0.05, 0.1) is 4.92 Å². The van der Waals surface area contributed by atoms with Gasteiger partial charge in [-0.3, -0.25) is 10.1 Å². The highest BCUT2D eigenvalue weighted by Gasteiger charge is 2.18. The topological polar surface area (TPSA) is 102 Å². The van der Waals surface area contributed by atoms with Crippen molar-refractivity contribution in [3.63, 3.8) is 0 Å². The van der Waals surface area contributed by atoms with Crippen LogP contribution >= 0.6 is 0 Å². The number of nitrogens with zero attached hydrogens (tertiary/aromatic N) is 2. The summed E-state index contributed by atoms with van der Waals surface area (Å²) >= 11 is 0. The Morgan fingerprint density at radius 1 is 1.50 bits per heavy atom. The van der Waals surface area contributed by atoms with Crippen molar-refractivity contribution in [1.82, 2.24) is 4.98 Å². The van der Waals surface area contributed by atoms with Crippen LogP contribution in [0.4, 0.5) is 11.5 Å². The van der Waals surface area contributed by atoms with Gasteiger partial charge < -0.3 is 5.32 Å². The second kappa shape index (κ2) is 4.44. The summed E-state index contributed by atoms with van der Waals surface area (Å²) in [6.07, 6.45) is 0.997. The summed E-state index contributed by atoms with van der Waals surface area (Å²) in [5, 5.41) is 13.1. The van der Waals surface area contributed by atoms with E-state index in [9.17, 15) is 18.5 Å². The fourth-order valence-corrected chi connectivity index (χ4v) is 1.66. The zero-order valence-electron chi connectivity index (χ0n) is 8.80. The predicted octanol–water partition coefficient (Wildman–Crippen LogP) is 0.825. The summed E-state index contributed by atoms with van der Waals surface area (Å²) in [4.78, 5) is 13.7. The SMILES string of the molecule is CCNc1nc(S(C)(=O)=O)ccc1[N+](=O)[O-]. The lowest BCUT2D eigenvalue weighted by Gasteiger charge is -2.04. The average molecular weight is 245 g/mol. The molecule has 0 saturated heterocycles. The van der Waals surface area contributed by atoms with Crippen molar-refractivity contribution in [1.29, 1.82) is 0 Å². The molecule has 0 aliphatic heterocycles. The Hall–Kier alpha value is -1.70. The van der Waals surface area contributed by atoms with Crippen LogP contribution in [0.15, 0.2) is 17.2 Å². The van der Waals surface area contributed by atoms with Gasteiger partial charge in [-0.25, -0.2) is 13.4 Å². The molecular weight excluding hydrogens is 234 g/mol. The van der Waals surface area contributed by atoms with E-state index >= 15 is 0 Å². The number of hydrogen-bond acceptors (Lipinski definition) is 6. The van der Waals surface area contributed by atoms with Crippen LogP contribution in [0.1, 0.15) is 6.92 Å². The Balaban J connectivity index is 3.33. The van der Waals surface area contributed by atoms with Crippen molar-refractivity contribution in [2.75, 3.05) is 18.1 Å². The number of rotatable bonds is 4. The van der Waals surface area contributed by atoms with Crippen LogP contribution < -0.4 is 5.32 Å². The normalized spacial score (nSPS) is 11.1. The van der Waals surface area contributed by atoms with Crippen LogP contribution in [-0.4, -0.2) is 31.1 Å². The first kappa shape index (κ1) is 12.4. The van der Waals surface area contributed by atoms with Crippen LogP contribution in [0.25, 0.3) is 0 Å². The molecule has 8 heteroatoms. The number of hydrogen-bond donors (Lipinski definition) is 1. The van der Waals surface area contributed by atoms with Crippen molar-refractivity contribution >= 4 is 21.3 Å². The molecule has 16 heavy (non-hydrogen) atoms. The molecule has 7 nitrogen and oxygen atoms in total. The van der Waals surface area contributed by atoms with Crippen molar-refractivity contribution < 1.29 is 13.3 Å². The number of pyridine rings is 1. The Labute approximate surface area is 92.6 Å². The van der Waals surface area contributed by atoms with Gasteiger partial charge in [0, 0.05) is 18.9 Å². The van der Waals surface area contributed by atoms with Gasteiger partial charge in [-0.1, -0.05) is 0 Å². The van der Waals surface area contributed by atoms with Crippen molar-refractivity contribution in [3.8, 4) is 0 Å². The van der Waals surface area contributed by atoms with Crippen LogP contribution in [0.5, 0.6) is 0 Å². The van der Waals surface area contributed by atoms with E-state index in [1.807, 2.05) is 0 Å². The molecule has 0 aliphatic carbocycles. The molecule has 1 aromatic rings. The Morgan fingerprint density at radius 3 is 2.56 bits per heavy atom. The number of aromatic nitrogens is 1. The second-order valence-electron chi connectivity index (χ2n) is 3.08. The van der Waals surface area contributed by atoms with E-state index in [-0.39, 0.29) is 16.5 Å². The second-order valence-corrected chi connectivity index (χ2v) is 5.04. The summed E-state index contributed by atoms with van der Waals surface area (Å²) in [7, 11) is -3.46. The molecule has 0 bridgehead atoms. The van der Waals surface area contributed by atoms with Gasteiger partial charge in [0.15, 0.2) is 14.9 Å². The molecule has 0 spiro atoms. The fourth-order valence-electron chi connectivity index (χ4n) is 1.09. The van der Waals surface area contributed by atoms with Crippen molar-refractivity contribution in [3.05, 3.63) is 22.2 Å². The van der Waals surface area contributed by atoms with Gasteiger partial charge in [0.1, 0.15) is 0 Å². The lowest BCUT2D eigenvalue weighted by Crippen LogP contribution is -2.07. The minimum Gasteiger partial charge on any atom is -0.365 e. The highest BCUT2D eigenvalue weighted by atomic mass is 32.2. The number of anilines is 1. The molecule has 0 radical (unpaired) electrons. The maximum atomic E-state index is 11.2. The van der Waals surface area contributed by atoms with Gasteiger partial charge in [-0.15, -0.1) is 0 Å². The standard InChI is InChI=1S/C8H11N3O4S/c1-3-9-8-6(11(12)13)4-5-7(10-8)16(2,14)15/h4-5H,3H2,1-2H3,(H,9,10). The average Bonchev–Trinajstić information content (AvgIpc) is 2.16. The number of sulfone groups is 1. The number of nitro groups is 1. The molecule has 1 heterocycles. The molecule has 88 valence electrons. The first-order valence-electron chi connectivity index (χ1n) is 4.45. The third-order valence-electron chi connectivity index (χ3n) is 1.77. The molecule has 1 aromatic heterocycles. The predicted molar refractivity (Wildman–Crippen MR) is 58.2 cm³/mol. The van der Waals surface area contributed by atoms with E-state index in [2.05, 4.69) is 10.3 Å². The zero-order chi connectivity index (χ0) is 12.3. The van der Waals surface area contributed by atoms with Crippen LogP contribution in [0.2, 0.25) is 0 Å². The summed E-state index contributed by atoms with van der Waals surface area (Å²) in [6, 6.07) is 2.25. The van der Waals surface area contributed by atoms with Crippen molar-refractivity contribution in [2.24, 2.45) is 0 Å².